The predicted octanol–water partition coefficient (Wildman–Crippen LogP) is 2.59. The lowest BCUT2D eigenvalue weighted by Gasteiger charge is -2.50. The molecule has 1 nitrogen and oxygen atoms in total. The van der Waals surface area contributed by atoms with Crippen molar-refractivity contribution in [3.8, 4) is 12.3 Å². The van der Waals surface area contributed by atoms with E-state index in [0.29, 0.717) is 12.3 Å². The fourth-order valence-corrected chi connectivity index (χ4v) is 3.94. The second-order valence-electron chi connectivity index (χ2n) is 5.96. The number of rotatable bonds is 1. The minimum Gasteiger partial charge on any atom is -0.388 e. The van der Waals surface area contributed by atoms with Crippen molar-refractivity contribution >= 4 is 0 Å². The van der Waals surface area contributed by atoms with Gasteiger partial charge in [0.15, 0.2) is 0 Å². The molecule has 78 valence electrons. The van der Waals surface area contributed by atoms with Gasteiger partial charge >= 0.3 is 0 Å². The van der Waals surface area contributed by atoms with Gasteiger partial charge in [-0.05, 0) is 36.0 Å². The summed E-state index contributed by atoms with van der Waals surface area (Å²) < 4.78 is 0. The van der Waals surface area contributed by atoms with Crippen molar-refractivity contribution < 1.29 is 5.11 Å². The van der Waals surface area contributed by atoms with E-state index < -0.39 is 5.60 Å². The van der Waals surface area contributed by atoms with Crippen LogP contribution in [0.4, 0.5) is 0 Å². The van der Waals surface area contributed by atoms with E-state index in [9.17, 15) is 5.11 Å². The summed E-state index contributed by atoms with van der Waals surface area (Å²) in [5.41, 5.74) is -0.586. The lowest BCUT2D eigenvalue weighted by atomic mass is 9.59. The first kappa shape index (κ1) is 10.1. The van der Waals surface area contributed by atoms with Gasteiger partial charge in [-0.2, -0.15) is 0 Å². The Bertz CT molecular complexity index is 292. The van der Waals surface area contributed by atoms with E-state index >= 15 is 0 Å². The molecule has 2 saturated carbocycles. The molecule has 1 N–H and O–H groups in total. The van der Waals surface area contributed by atoms with Crippen LogP contribution in [0, 0.1) is 29.1 Å². The highest BCUT2D eigenvalue weighted by Crippen LogP contribution is 2.68. The van der Waals surface area contributed by atoms with Crippen LogP contribution < -0.4 is 0 Å². The standard InChI is InChI=1S/C13H20O/c1-5-7-13(14)11(2,3)10-6-8-12(13,4)9-10/h1,10,14H,6-9H2,2-4H3. The molecule has 3 unspecified atom stereocenters. The SMILES string of the molecule is C#CCC1(O)C2(C)CCC(C2)C1(C)C. The largest absolute Gasteiger partial charge is 0.388 e. The maximum absolute atomic E-state index is 10.8. The summed E-state index contributed by atoms with van der Waals surface area (Å²) in [6, 6.07) is 0. The molecule has 2 fully saturated rings. The Morgan fingerprint density at radius 3 is 2.50 bits per heavy atom. The Hall–Kier alpha value is -0.480. The monoisotopic (exact) mass is 192 g/mol. The zero-order valence-electron chi connectivity index (χ0n) is 9.43. The van der Waals surface area contributed by atoms with E-state index in [1.165, 1.54) is 6.42 Å². The topological polar surface area (TPSA) is 20.2 Å². The Morgan fingerprint density at radius 1 is 1.43 bits per heavy atom. The van der Waals surface area contributed by atoms with Gasteiger partial charge in [0.2, 0.25) is 0 Å². The minimum absolute atomic E-state index is 0.00757. The molecule has 2 aliphatic carbocycles. The Balaban J connectivity index is 2.44. The van der Waals surface area contributed by atoms with Gasteiger partial charge < -0.3 is 5.11 Å². The highest BCUT2D eigenvalue weighted by molar-refractivity contribution is 5.20. The second-order valence-corrected chi connectivity index (χ2v) is 5.96. The highest BCUT2D eigenvalue weighted by atomic mass is 16.3. The maximum Gasteiger partial charge on any atom is 0.0862 e. The molecular formula is C13H20O. The van der Waals surface area contributed by atoms with Crippen molar-refractivity contribution in [2.24, 2.45) is 16.7 Å². The molecule has 0 radical (unpaired) electrons. The zero-order valence-corrected chi connectivity index (χ0v) is 9.43. The van der Waals surface area contributed by atoms with Gasteiger partial charge in [-0.1, -0.05) is 20.8 Å². The van der Waals surface area contributed by atoms with Crippen LogP contribution in [0.15, 0.2) is 0 Å². The molecule has 14 heavy (non-hydrogen) atoms. The third-order valence-corrected chi connectivity index (χ3v) is 5.18. The van der Waals surface area contributed by atoms with Crippen LogP contribution in [-0.4, -0.2) is 10.7 Å². The van der Waals surface area contributed by atoms with Crippen LogP contribution in [0.25, 0.3) is 0 Å². The van der Waals surface area contributed by atoms with Crippen molar-refractivity contribution in [1.29, 1.82) is 0 Å². The first-order valence-electron chi connectivity index (χ1n) is 5.53. The number of hydrogen-bond acceptors (Lipinski definition) is 1. The van der Waals surface area contributed by atoms with Crippen molar-refractivity contribution in [2.75, 3.05) is 0 Å². The summed E-state index contributed by atoms with van der Waals surface area (Å²) in [4.78, 5) is 0. The Labute approximate surface area is 86.9 Å². The number of aliphatic hydroxyl groups is 1. The first-order valence-corrected chi connectivity index (χ1v) is 5.53. The molecule has 2 bridgehead atoms. The molecule has 2 aliphatic rings. The quantitative estimate of drug-likeness (QED) is 0.633. The van der Waals surface area contributed by atoms with Gasteiger partial charge in [0, 0.05) is 6.42 Å². The van der Waals surface area contributed by atoms with Crippen LogP contribution in [0.3, 0.4) is 0 Å². The molecule has 0 aliphatic heterocycles. The lowest BCUT2D eigenvalue weighted by molar-refractivity contribution is -0.138. The van der Waals surface area contributed by atoms with Crippen molar-refractivity contribution in [3.05, 3.63) is 0 Å². The van der Waals surface area contributed by atoms with E-state index in [-0.39, 0.29) is 10.8 Å². The van der Waals surface area contributed by atoms with Gasteiger partial charge in [0.1, 0.15) is 0 Å². The van der Waals surface area contributed by atoms with Crippen LogP contribution in [0.2, 0.25) is 0 Å². The summed E-state index contributed by atoms with van der Waals surface area (Å²) in [5.74, 6) is 3.32. The van der Waals surface area contributed by atoms with Gasteiger partial charge in [-0.15, -0.1) is 12.3 Å². The van der Waals surface area contributed by atoms with E-state index in [4.69, 9.17) is 6.42 Å². The molecule has 0 spiro atoms. The number of hydrogen-bond donors (Lipinski definition) is 1. The van der Waals surface area contributed by atoms with Gasteiger partial charge in [-0.25, -0.2) is 0 Å². The summed E-state index contributed by atoms with van der Waals surface area (Å²) in [6.07, 6.45) is 9.45. The maximum atomic E-state index is 10.8. The molecule has 0 aromatic rings. The van der Waals surface area contributed by atoms with Gasteiger partial charge in [-0.3, -0.25) is 0 Å². The normalized spacial score (nSPS) is 49.2. The second kappa shape index (κ2) is 2.55. The van der Waals surface area contributed by atoms with Crippen LogP contribution >= 0.6 is 0 Å². The molecule has 3 atom stereocenters. The van der Waals surface area contributed by atoms with E-state index in [0.717, 1.165) is 12.8 Å². The van der Waals surface area contributed by atoms with Crippen LogP contribution in [-0.2, 0) is 0 Å². The highest BCUT2D eigenvalue weighted by Gasteiger charge is 2.67. The van der Waals surface area contributed by atoms with Crippen molar-refractivity contribution in [2.45, 2.75) is 52.1 Å². The van der Waals surface area contributed by atoms with E-state index in [1.54, 1.807) is 0 Å². The number of terminal acetylenes is 1. The predicted molar refractivity (Wildman–Crippen MR) is 57.6 cm³/mol. The van der Waals surface area contributed by atoms with Crippen molar-refractivity contribution in [1.82, 2.24) is 0 Å². The number of fused-ring (bicyclic) bond motifs is 2. The molecule has 0 heterocycles. The fourth-order valence-electron chi connectivity index (χ4n) is 3.94. The molecule has 0 saturated heterocycles. The van der Waals surface area contributed by atoms with Crippen molar-refractivity contribution in [3.63, 3.8) is 0 Å². The molecule has 1 heteroatoms. The van der Waals surface area contributed by atoms with E-state index in [1.807, 2.05) is 0 Å². The van der Waals surface area contributed by atoms with Gasteiger partial charge in [0.05, 0.1) is 5.60 Å². The summed E-state index contributed by atoms with van der Waals surface area (Å²) in [6.45, 7) is 6.57. The summed E-state index contributed by atoms with van der Waals surface area (Å²) >= 11 is 0. The molecular weight excluding hydrogens is 172 g/mol. The third kappa shape index (κ3) is 0.859. The minimum atomic E-state index is -0.641. The smallest absolute Gasteiger partial charge is 0.0862 e. The summed E-state index contributed by atoms with van der Waals surface area (Å²) in [7, 11) is 0. The van der Waals surface area contributed by atoms with Crippen LogP contribution in [0.5, 0.6) is 0 Å². The molecule has 0 amide bonds. The average molecular weight is 192 g/mol. The van der Waals surface area contributed by atoms with Gasteiger partial charge in [0.25, 0.3) is 0 Å². The first-order chi connectivity index (χ1) is 6.37. The molecule has 2 rings (SSSR count). The molecule has 0 aromatic carbocycles. The molecule has 0 aromatic heterocycles. The van der Waals surface area contributed by atoms with E-state index in [2.05, 4.69) is 26.7 Å². The third-order valence-electron chi connectivity index (χ3n) is 5.18. The fraction of sp³-hybridized carbons (Fsp3) is 0.846. The Kier molecular flexibility index (Phi) is 1.83. The zero-order chi connectivity index (χ0) is 10.6. The summed E-state index contributed by atoms with van der Waals surface area (Å²) in [5, 5.41) is 10.8. The van der Waals surface area contributed by atoms with Crippen LogP contribution in [0.1, 0.15) is 46.5 Å². The Morgan fingerprint density at radius 2 is 2.07 bits per heavy atom. The lowest BCUT2D eigenvalue weighted by Crippen LogP contribution is -2.53. The average Bonchev–Trinajstić information content (AvgIpc) is 2.53.